The van der Waals surface area contributed by atoms with Crippen LogP contribution in [-0.4, -0.2) is 17.7 Å². The topological polar surface area (TPSA) is 38.1 Å². The van der Waals surface area contributed by atoms with Gasteiger partial charge in [-0.15, -0.1) is 0 Å². The molecule has 7 heteroatoms. The smallest absolute Gasteiger partial charge is 0.383 e. The maximum absolute atomic E-state index is 12.3. The number of thioether (sulfide) groups is 1. The lowest BCUT2D eigenvalue weighted by molar-refractivity contribution is -0.0328. The Morgan fingerprint density at radius 2 is 1.90 bits per heavy atom. The van der Waals surface area contributed by atoms with E-state index in [1.807, 2.05) is 0 Å². The van der Waals surface area contributed by atoms with Gasteiger partial charge < -0.3 is 9.84 Å². The molecule has 0 bridgehead atoms. The van der Waals surface area contributed by atoms with Crippen LogP contribution >= 0.6 is 11.8 Å². The highest BCUT2D eigenvalue weighted by Gasteiger charge is 2.32. The Kier molecular flexibility index (Phi) is 3.61. The first-order valence-electron chi connectivity index (χ1n) is 6.51. The summed E-state index contributed by atoms with van der Waals surface area (Å²) in [7, 11) is 1.79. The van der Waals surface area contributed by atoms with Crippen molar-refractivity contribution in [3.63, 3.8) is 0 Å². The van der Waals surface area contributed by atoms with Crippen molar-refractivity contribution in [2.24, 2.45) is 0 Å². The molecule has 1 aliphatic carbocycles. The lowest BCUT2D eigenvalue weighted by Crippen LogP contribution is -1.98. The first-order chi connectivity index (χ1) is 9.98. The van der Waals surface area contributed by atoms with Gasteiger partial charge in [-0.05, 0) is 48.9 Å². The quantitative estimate of drug-likeness (QED) is 0.817. The van der Waals surface area contributed by atoms with Crippen LogP contribution in [0.4, 0.5) is 18.9 Å². The van der Waals surface area contributed by atoms with Crippen molar-refractivity contribution in [1.82, 2.24) is 5.16 Å². The largest absolute Gasteiger partial charge is 0.446 e. The molecule has 0 aliphatic heterocycles. The number of hydrogen-bond acceptors (Lipinski definition) is 4. The molecule has 2 aromatic rings. The third kappa shape index (κ3) is 3.18. The van der Waals surface area contributed by atoms with Crippen LogP contribution in [0.15, 0.2) is 33.7 Å². The van der Waals surface area contributed by atoms with Crippen LogP contribution in [0, 0.1) is 0 Å². The fourth-order valence-electron chi connectivity index (χ4n) is 2.18. The van der Waals surface area contributed by atoms with Crippen LogP contribution in [0.5, 0.6) is 0 Å². The van der Waals surface area contributed by atoms with E-state index in [0.29, 0.717) is 17.2 Å². The number of aromatic nitrogens is 1. The van der Waals surface area contributed by atoms with Crippen molar-refractivity contribution in [2.45, 2.75) is 29.2 Å². The minimum absolute atomic E-state index is 0.127. The van der Waals surface area contributed by atoms with E-state index in [2.05, 4.69) is 10.5 Å². The van der Waals surface area contributed by atoms with E-state index in [1.54, 1.807) is 19.2 Å². The van der Waals surface area contributed by atoms with Crippen LogP contribution in [0.2, 0.25) is 0 Å². The van der Waals surface area contributed by atoms with Crippen LogP contribution in [0.1, 0.15) is 24.5 Å². The fraction of sp³-hybridized carbons (Fsp3) is 0.357. The van der Waals surface area contributed by atoms with Gasteiger partial charge in [-0.3, -0.25) is 0 Å². The molecule has 1 fully saturated rings. The molecule has 1 heterocycles. The molecular formula is C14H13F3N2OS. The molecule has 21 heavy (non-hydrogen) atoms. The third-order valence-electron chi connectivity index (χ3n) is 3.28. The molecule has 0 radical (unpaired) electrons. The van der Waals surface area contributed by atoms with Crippen LogP contribution in [0.25, 0.3) is 11.3 Å². The Hall–Kier alpha value is -1.63. The van der Waals surface area contributed by atoms with Gasteiger partial charge in [0.1, 0.15) is 11.4 Å². The zero-order chi connectivity index (χ0) is 15.0. The summed E-state index contributed by atoms with van der Waals surface area (Å²) in [6.45, 7) is 0. The number of halogens is 3. The molecule has 1 aromatic heterocycles. The highest BCUT2D eigenvalue weighted by Crippen LogP contribution is 2.46. The SMILES string of the molecule is CNc1c(C2CC2)noc1-c1ccc(SC(F)(F)F)cc1. The van der Waals surface area contributed by atoms with E-state index in [0.717, 1.165) is 24.2 Å². The molecule has 3 rings (SSSR count). The van der Waals surface area contributed by atoms with Gasteiger partial charge in [0.05, 0.1) is 0 Å². The summed E-state index contributed by atoms with van der Waals surface area (Å²) in [6, 6.07) is 6.11. The summed E-state index contributed by atoms with van der Waals surface area (Å²) in [5.74, 6) is 1.01. The first-order valence-corrected chi connectivity index (χ1v) is 7.33. The molecule has 0 amide bonds. The Bertz CT molecular complexity index is 633. The highest BCUT2D eigenvalue weighted by molar-refractivity contribution is 8.00. The molecule has 3 nitrogen and oxygen atoms in total. The number of anilines is 1. The van der Waals surface area contributed by atoms with Gasteiger partial charge in [0.25, 0.3) is 0 Å². The first kappa shape index (κ1) is 14.3. The molecule has 0 spiro atoms. The Morgan fingerprint density at radius 3 is 2.43 bits per heavy atom. The van der Waals surface area contributed by atoms with E-state index in [-0.39, 0.29) is 16.7 Å². The Morgan fingerprint density at radius 1 is 1.24 bits per heavy atom. The van der Waals surface area contributed by atoms with Crippen molar-refractivity contribution in [3.8, 4) is 11.3 Å². The molecule has 1 aromatic carbocycles. The average Bonchev–Trinajstić information content (AvgIpc) is 3.17. The average molecular weight is 314 g/mol. The van der Waals surface area contributed by atoms with Crippen molar-refractivity contribution >= 4 is 17.4 Å². The summed E-state index contributed by atoms with van der Waals surface area (Å²) in [5.41, 5.74) is -1.83. The lowest BCUT2D eigenvalue weighted by atomic mass is 10.1. The second kappa shape index (κ2) is 5.29. The molecule has 0 atom stereocenters. The van der Waals surface area contributed by atoms with E-state index in [1.165, 1.54) is 12.1 Å². The monoisotopic (exact) mass is 314 g/mol. The molecule has 1 saturated carbocycles. The molecule has 0 unspecified atom stereocenters. The molecule has 0 saturated heterocycles. The zero-order valence-corrected chi connectivity index (χ0v) is 12.0. The molecule has 112 valence electrons. The number of hydrogen-bond donors (Lipinski definition) is 1. The predicted molar refractivity (Wildman–Crippen MR) is 75.4 cm³/mol. The second-order valence-corrected chi connectivity index (χ2v) is 6.01. The zero-order valence-electron chi connectivity index (χ0n) is 11.2. The highest BCUT2D eigenvalue weighted by atomic mass is 32.2. The third-order valence-corrected chi connectivity index (χ3v) is 4.02. The van der Waals surface area contributed by atoms with Gasteiger partial charge in [-0.25, -0.2) is 0 Å². The van der Waals surface area contributed by atoms with Crippen LogP contribution < -0.4 is 5.32 Å². The summed E-state index contributed by atoms with van der Waals surface area (Å²) in [5, 5.41) is 7.16. The molecular weight excluding hydrogens is 301 g/mol. The maximum Gasteiger partial charge on any atom is 0.446 e. The number of nitrogens with one attached hydrogen (secondary N) is 1. The van der Waals surface area contributed by atoms with Crippen LogP contribution in [-0.2, 0) is 0 Å². The summed E-state index contributed by atoms with van der Waals surface area (Å²) < 4.78 is 42.3. The van der Waals surface area contributed by atoms with Gasteiger partial charge in [-0.2, -0.15) is 13.2 Å². The van der Waals surface area contributed by atoms with Crippen LogP contribution in [0.3, 0.4) is 0 Å². The van der Waals surface area contributed by atoms with Crippen molar-refractivity contribution in [3.05, 3.63) is 30.0 Å². The minimum Gasteiger partial charge on any atom is -0.383 e. The minimum atomic E-state index is -4.27. The van der Waals surface area contributed by atoms with E-state index < -0.39 is 5.51 Å². The summed E-state index contributed by atoms with van der Waals surface area (Å²) in [4.78, 5) is 0.152. The van der Waals surface area contributed by atoms with Crippen molar-refractivity contribution in [1.29, 1.82) is 0 Å². The van der Waals surface area contributed by atoms with E-state index in [4.69, 9.17) is 4.52 Å². The molecule has 1 N–H and O–H groups in total. The standard InChI is InChI=1S/C14H13F3N2OS/c1-18-12-11(8-2-3-8)19-20-13(12)9-4-6-10(7-5-9)21-14(15,16)17/h4-8,18H,2-3H2,1H3. The second-order valence-electron chi connectivity index (χ2n) is 4.87. The van der Waals surface area contributed by atoms with Gasteiger partial charge in [0.15, 0.2) is 5.76 Å². The van der Waals surface area contributed by atoms with Gasteiger partial charge >= 0.3 is 5.51 Å². The lowest BCUT2D eigenvalue weighted by Gasteiger charge is -2.06. The van der Waals surface area contributed by atoms with Gasteiger partial charge in [-0.1, -0.05) is 5.16 Å². The van der Waals surface area contributed by atoms with E-state index in [9.17, 15) is 13.2 Å². The fourth-order valence-corrected chi connectivity index (χ4v) is 2.72. The maximum atomic E-state index is 12.3. The summed E-state index contributed by atoms with van der Waals surface area (Å²) in [6.07, 6.45) is 2.20. The molecule has 1 aliphatic rings. The number of nitrogens with zero attached hydrogens (tertiary/aromatic N) is 1. The Labute approximate surface area is 123 Å². The number of alkyl halides is 3. The normalized spacial score (nSPS) is 15.2. The Balaban J connectivity index is 1.87. The number of benzene rings is 1. The predicted octanol–water partition coefficient (Wildman–Crippen LogP) is 4.87. The van der Waals surface area contributed by atoms with Gasteiger partial charge in [0.2, 0.25) is 0 Å². The van der Waals surface area contributed by atoms with Crippen molar-refractivity contribution < 1.29 is 17.7 Å². The number of rotatable bonds is 4. The van der Waals surface area contributed by atoms with E-state index >= 15 is 0 Å². The van der Waals surface area contributed by atoms with Crippen molar-refractivity contribution in [2.75, 3.05) is 12.4 Å². The van der Waals surface area contributed by atoms with Gasteiger partial charge in [0, 0.05) is 23.4 Å². The summed E-state index contributed by atoms with van der Waals surface area (Å²) >= 11 is -0.127.